The second-order valence-electron chi connectivity index (χ2n) is 6.40. The zero-order chi connectivity index (χ0) is 16.0. The highest BCUT2D eigenvalue weighted by atomic mass is 15.3. The van der Waals surface area contributed by atoms with E-state index in [1.54, 1.807) is 0 Å². The van der Waals surface area contributed by atoms with Gasteiger partial charge in [-0.1, -0.05) is 12.1 Å². The van der Waals surface area contributed by atoms with Gasteiger partial charge < -0.3 is 10.6 Å². The van der Waals surface area contributed by atoms with Gasteiger partial charge in [0.2, 0.25) is 0 Å². The highest BCUT2D eigenvalue weighted by Gasteiger charge is 2.22. The number of fused-ring (bicyclic) bond motifs is 1. The minimum Gasteiger partial charge on any atom is -0.353 e. The Kier molecular flexibility index (Phi) is 3.31. The van der Waals surface area contributed by atoms with E-state index < -0.39 is 0 Å². The van der Waals surface area contributed by atoms with Crippen LogP contribution >= 0.6 is 0 Å². The Bertz CT molecular complexity index is 867. The molecule has 5 heteroatoms. The van der Waals surface area contributed by atoms with Gasteiger partial charge in [-0.15, -0.1) is 0 Å². The number of hydrogen-bond donors (Lipinski definition) is 1. The monoisotopic (exact) mass is 307 g/mol. The first-order chi connectivity index (χ1) is 11.1. The molecule has 2 N–H and O–H groups in total. The molecule has 23 heavy (non-hydrogen) atoms. The Labute approximate surface area is 135 Å². The van der Waals surface area contributed by atoms with Crippen LogP contribution in [0.25, 0.3) is 16.8 Å². The number of nitrogens with two attached hydrogens (primary N) is 1. The molecule has 0 spiro atoms. The highest BCUT2D eigenvalue weighted by Crippen LogP contribution is 2.27. The summed E-state index contributed by atoms with van der Waals surface area (Å²) < 4.78 is 1.91. The maximum atomic E-state index is 6.04. The van der Waals surface area contributed by atoms with Crippen molar-refractivity contribution >= 4 is 11.3 Å². The fourth-order valence-electron chi connectivity index (χ4n) is 3.17. The number of nitrogens with zero attached hydrogens (tertiary/aromatic N) is 4. The molecule has 0 amide bonds. The van der Waals surface area contributed by atoms with Gasteiger partial charge >= 0.3 is 0 Å². The van der Waals surface area contributed by atoms with E-state index in [4.69, 9.17) is 10.8 Å². The molecule has 0 radical (unpaired) electrons. The summed E-state index contributed by atoms with van der Waals surface area (Å²) in [6.45, 7) is 6.07. The first-order valence-electron chi connectivity index (χ1n) is 8.04. The molecule has 1 unspecified atom stereocenters. The summed E-state index contributed by atoms with van der Waals surface area (Å²) in [5, 5.41) is 4.72. The third kappa shape index (κ3) is 2.47. The summed E-state index contributed by atoms with van der Waals surface area (Å²) in [4.78, 5) is 6.83. The van der Waals surface area contributed by atoms with E-state index >= 15 is 0 Å². The van der Waals surface area contributed by atoms with Crippen LogP contribution in [0.5, 0.6) is 0 Å². The molecule has 1 aliphatic rings. The van der Waals surface area contributed by atoms with Crippen molar-refractivity contribution in [2.75, 3.05) is 18.0 Å². The molecule has 2 aromatic heterocycles. The van der Waals surface area contributed by atoms with Crippen LogP contribution in [-0.4, -0.2) is 33.7 Å². The number of rotatable bonds is 2. The van der Waals surface area contributed by atoms with Gasteiger partial charge in [-0.2, -0.15) is 5.10 Å². The van der Waals surface area contributed by atoms with Crippen LogP contribution in [0.2, 0.25) is 0 Å². The second-order valence-corrected chi connectivity index (χ2v) is 6.40. The summed E-state index contributed by atoms with van der Waals surface area (Å²) in [5.74, 6) is 0.975. The van der Waals surface area contributed by atoms with Crippen LogP contribution in [0, 0.1) is 13.8 Å². The van der Waals surface area contributed by atoms with Crippen molar-refractivity contribution in [2.45, 2.75) is 26.3 Å². The van der Waals surface area contributed by atoms with Crippen molar-refractivity contribution in [3.05, 3.63) is 47.8 Å². The quantitative estimate of drug-likeness (QED) is 0.790. The zero-order valence-electron chi connectivity index (χ0n) is 13.5. The topological polar surface area (TPSA) is 59.5 Å². The molecule has 5 nitrogen and oxygen atoms in total. The average Bonchev–Trinajstić information content (AvgIpc) is 3.15. The normalized spacial score (nSPS) is 18.0. The van der Waals surface area contributed by atoms with E-state index in [0.717, 1.165) is 42.1 Å². The fourth-order valence-corrected chi connectivity index (χ4v) is 3.17. The van der Waals surface area contributed by atoms with Gasteiger partial charge in [-0.05, 0) is 43.5 Å². The minimum atomic E-state index is 0.235. The molecule has 3 aromatic rings. The Hall–Kier alpha value is -2.40. The summed E-state index contributed by atoms with van der Waals surface area (Å²) in [7, 11) is 0. The predicted octanol–water partition coefficient (Wildman–Crippen LogP) is 2.55. The predicted molar refractivity (Wildman–Crippen MR) is 92.7 cm³/mol. The van der Waals surface area contributed by atoms with E-state index in [-0.39, 0.29) is 6.04 Å². The molecule has 1 aliphatic heterocycles. The Morgan fingerprint density at radius 3 is 2.78 bits per heavy atom. The lowest BCUT2D eigenvalue weighted by Gasteiger charge is -2.17. The summed E-state index contributed by atoms with van der Waals surface area (Å²) in [6, 6.07) is 8.82. The van der Waals surface area contributed by atoms with E-state index in [9.17, 15) is 0 Å². The lowest BCUT2D eigenvalue weighted by Crippen LogP contribution is -2.27. The Balaban J connectivity index is 1.80. The molecular formula is C18H21N5. The molecule has 1 fully saturated rings. The van der Waals surface area contributed by atoms with Gasteiger partial charge in [-0.3, -0.25) is 0 Å². The van der Waals surface area contributed by atoms with Crippen LogP contribution in [0.3, 0.4) is 0 Å². The standard InChI is InChI=1S/C18H21N5/c1-12-3-4-14(9-13(12)2)16-10-17-18(20-6-8-23(17)21-16)22-7-5-15(19)11-22/h3-4,6,8-10,15H,5,7,11,19H2,1-2H3. The third-order valence-corrected chi connectivity index (χ3v) is 4.70. The van der Waals surface area contributed by atoms with Gasteiger partial charge in [0.15, 0.2) is 5.82 Å². The van der Waals surface area contributed by atoms with Crippen molar-refractivity contribution < 1.29 is 0 Å². The Morgan fingerprint density at radius 2 is 2.04 bits per heavy atom. The maximum absolute atomic E-state index is 6.04. The van der Waals surface area contributed by atoms with Crippen molar-refractivity contribution in [3.8, 4) is 11.3 Å². The van der Waals surface area contributed by atoms with Gasteiger partial charge in [-0.25, -0.2) is 9.50 Å². The lowest BCUT2D eigenvalue weighted by molar-refractivity contribution is 0.751. The van der Waals surface area contributed by atoms with Crippen LogP contribution in [0.1, 0.15) is 17.5 Å². The van der Waals surface area contributed by atoms with Crippen molar-refractivity contribution in [1.29, 1.82) is 0 Å². The molecule has 3 heterocycles. The van der Waals surface area contributed by atoms with Gasteiger partial charge in [0, 0.05) is 37.1 Å². The van der Waals surface area contributed by atoms with Gasteiger partial charge in [0.1, 0.15) is 5.52 Å². The summed E-state index contributed by atoms with van der Waals surface area (Å²) >= 11 is 0. The average molecular weight is 307 g/mol. The van der Waals surface area contributed by atoms with Crippen molar-refractivity contribution in [2.24, 2.45) is 5.73 Å². The molecule has 0 saturated carbocycles. The lowest BCUT2D eigenvalue weighted by atomic mass is 10.0. The molecule has 1 aromatic carbocycles. The smallest absolute Gasteiger partial charge is 0.154 e. The first-order valence-corrected chi connectivity index (χ1v) is 8.04. The minimum absolute atomic E-state index is 0.235. The number of hydrogen-bond acceptors (Lipinski definition) is 4. The zero-order valence-corrected chi connectivity index (χ0v) is 13.5. The SMILES string of the molecule is Cc1ccc(-c2cc3c(N4CCC(N)C4)nccn3n2)cc1C. The van der Waals surface area contributed by atoms with E-state index in [1.807, 2.05) is 16.9 Å². The fraction of sp³-hybridized carbons (Fsp3) is 0.333. The maximum Gasteiger partial charge on any atom is 0.154 e. The molecular weight excluding hydrogens is 286 g/mol. The Morgan fingerprint density at radius 1 is 1.17 bits per heavy atom. The largest absolute Gasteiger partial charge is 0.353 e. The van der Waals surface area contributed by atoms with E-state index in [1.165, 1.54) is 11.1 Å². The molecule has 4 rings (SSSR count). The van der Waals surface area contributed by atoms with Gasteiger partial charge in [0.05, 0.1) is 5.69 Å². The van der Waals surface area contributed by atoms with E-state index in [0.29, 0.717) is 0 Å². The second kappa shape index (κ2) is 5.35. The van der Waals surface area contributed by atoms with Crippen molar-refractivity contribution in [3.63, 3.8) is 0 Å². The third-order valence-electron chi connectivity index (χ3n) is 4.70. The number of aryl methyl sites for hydroxylation is 2. The molecule has 0 aliphatic carbocycles. The number of aromatic nitrogens is 3. The van der Waals surface area contributed by atoms with Crippen molar-refractivity contribution in [1.82, 2.24) is 14.6 Å². The van der Waals surface area contributed by atoms with Crippen LogP contribution in [0.4, 0.5) is 5.82 Å². The summed E-state index contributed by atoms with van der Waals surface area (Å²) in [5.41, 5.74) is 11.8. The van der Waals surface area contributed by atoms with Gasteiger partial charge in [0.25, 0.3) is 0 Å². The molecule has 118 valence electrons. The van der Waals surface area contributed by atoms with Crippen LogP contribution < -0.4 is 10.6 Å². The number of anilines is 1. The molecule has 0 bridgehead atoms. The van der Waals surface area contributed by atoms with Crippen LogP contribution in [0.15, 0.2) is 36.7 Å². The number of benzene rings is 1. The highest BCUT2D eigenvalue weighted by molar-refractivity contribution is 5.75. The first kappa shape index (κ1) is 14.2. The molecule has 1 atom stereocenters. The van der Waals surface area contributed by atoms with Crippen LogP contribution in [-0.2, 0) is 0 Å². The molecule has 1 saturated heterocycles. The summed E-state index contributed by atoms with van der Waals surface area (Å²) in [6.07, 6.45) is 4.73. The van der Waals surface area contributed by atoms with E-state index in [2.05, 4.69) is 48.0 Å².